The third-order valence-corrected chi connectivity index (χ3v) is 6.46. The summed E-state index contributed by atoms with van der Waals surface area (Å²) in [6.07, 6.45) is 10.7. The monoisotopic (exact) mass is 575 g/mol. The van der Waals surface area contributed by atoms with Crippen molar-refractivity contribution < 1.29 is 62.1 Å². The molecule has 1 amide bonds. The number of isocyanates is 1. The number of amides is 1. The van der Waals surface area contributed by atoms with Crippen molar-refractivity contribution in [3.63, 3.8) is 0 Å². The van der Waals surface area contributed by atoms with Gasteiger partial charge in [-0.05, 0) is 12.8 Å². The van der Waals surface area contributed by atoms with Crippen LogP contribution in [0.1, 0.15) is 25.7 Å². The van der Waals surface area contributed by atoms with Crippen LogP contribution >= 0.6 is 0 Å². The molecular formula is C16H23F6N5O7S2. The van der Waals surface area contributed by atoms with Gasteiger partial charge in [-0.15, -0.1) is 0 Å². The Morgan fingerprint density at radius 2 is 1.61 bits per heavy atom. The molecule has 1 aromatic rings. The molecule has 1 aromatic heterocycles. The minimum absolute atomic E-state index is 0.351. The van der Waals surface area contributed by atoms with Crippen LogP contribution in [0.5, 0.6) is 0 Å². The van der Waals surface area contributed by atoms with E-state index in [4.69, 9.17) is 4.74 Å². The van der Waals surface area contributed by atoms with Gasteiger partial charge >= 0.3 is 17.1 Å². The number of nitrogens with one attached hydrogen (secondary N) is 1. The topological polar surface area (TPSA) is 159 Å². The molecule has 20 heteroatoms. The van der Waals surface area contributed by atoms with E-state index in [1.54, 1.807) is 0 Å². The van der Waals surface area contributed by atoms with Crippen molar-refractivity contribution in [2.75, 3.05) is 19.7 Å². The number of alkyl halides is 6. The maximum Gasteiger partial charge on any atom is 0.480 e. The van der Waals surface area contributed by atoms with Crippen LogP contribution < -0.4 is 9.88 Å². The zero-order chi connectivity index (χ0) is 28.0. The van der Waals surface area contributed by atoms with Gasteiger partial charge in [0.15, 0.2) is 20.0 Å². The number of hydrogen-bond donors (Lipinski definition) is 1. The Kier molecular flexibility index (Phi) is 13.7. The number of sulfonamides is 2. The van der Waals surface area contributed by atoms with Crippen molar-refractivity contribution in [2.24, 2.45) is 12.0 Å². The van der Waals surface area contributed by atoms with E-state index in [2.05, 4.69) is 10.3 Å². The highest BCUT2D eigenvalue weighted by Crippen LogP contribution is 2.36. The fourth-order valence-corrected chi connectivity index (χ4v) is 3.76. The Bertz CT molecular complexity index is 1040. The lowest BCUT2D eigenvalue weighted by molar-refractivity contribution is -0.671. The van der Waals surface area contributed by atoms with Gasteiger partial charge in [0.05, 0.1) is 13.6 Å². The quantitative estimate of drug-likeness (QED) is 0.131. The van der Waals surface area contributed by atoms with Crippen molar-refractivity contribution in [2.45, 2.75) is 43.2 Å². The van der Waals surface area contributed by atoms with E-state index in [0.29, 0.717) is 26.2 Å². The molecule has 1 N–H and O–H groups in total. The summed E-state index contributed by atoms with van der Waals surface area (Å²) < 4.78 is 118. The van der Waals surface area contributed by atoms with Crippen molar-refractivity contribution in [3.8, 4) is 0 Å². The predicted molar refractivity (Wildman–Crippen MR) is 110 cm³/mol. The van der Waals surface area contributed by atoms with Crippen molar-refractivity contribution in [1.82, 2.24) is 9.88 Å². The first-order chi connectivity index (χ1) is 16.4. The predicted octanol–water partition coefficient (Wildman–Crippen LogP) is 1.99. The zero-order valence-corrected chi connectivity index (χ0v) is 20.3. The second kappa shape index (κ2) is 14.8. The second-order valence-electron chi connectivity index (χ2n) is 6.68. The third-order valence-electron chi connectivity index (χ3n) is 3.72. The lowest BCUT2D eigenvalue weighted by Gasteiger charge is -2.22. The van der Waals surface area contributed by atoms with E-state index in [1.165, 1.54) is 6.08 Å². The maximum absolute atomic E-state index is 11.4. The molecule has 0 fully saturated rings. The molecule has 0 spiro atoms. The molecule has 0 aliphatic rings. The maximum atomic E-state index is 11.4. The molecule has 12 nitrogen and oxygen atoms in total. The Labute approximate surface area is 202 Å². The van der Waals surface area contributed by atoms with Crippen LogP contribution in [0, 0.1) is 0 Å². The third kappa shape index (κ3) is 13.4. The number of hydrogen-bond acceptors (Lipinski definition) is 8. The smallest absolute Gasteiger partial charge is 0.445 e. The van der Waals surface area contributed by atoms with Gasteiger partial charge in [0.1, 0.15) is 25.5 Å². The molecule has 208 valence electrons. The molecule has 0 atom stereocenters. The number of aromatic nitrogens is 2. The molecule has 0 radical (unpaired) electrons. The number of imidazole rings is 1. The first kappa shape index (κ1) is 33.3. The van der Waals surface area contributed by atoms with Crippen LogP contribution in [-0.4, -0.2) is 64.3 Å². The number of carbonyl (C=O) groups excluding carboxylic acids is 2. The lowest BCUT2D eigenvalue weighted by Crippen LogP contribution is -2.30. The van der Waals surface area contributed by atoms with Crippen LogP contribution in [0.25, 0.3) is 4.13 Å². The van der Waals surface area contributed by atoms with Crippen molar-refractivity contribution >= 4 is 32.2 Å². The highest BCUT2D eigenvalue weighted by molar-refractivity contribution is 8.13. The number of alkyl carbamates (subject to hydrolysis) is 1. The fraction of sp³-hybridized carbons (Fsp3) is 0.688. The van der Waals surface area contributed by atoms with Gasteiger partial charge < -0.3 is 14.2 Å². The van der Waals surface area contributed by atoms with Crippen LogP contribution in [0.15, 0.2) is 23.7 Å². The highest BCUT2D eigenvalue weighted by Gasteiger charge is 2.46. The van der Waals surface area contributed by atoms with Gasteiger partial charge in [-0.1, -0.05) is 12.8 Å². The molecule has 0 aromatic carbocycles. The van der Waals surface area contributed by atoms with Crippen LogP contribution in [0.3, 0.4) is 0 Å². The Morgan fingerprint density at radius 1 is 1.06 bits per heavy atom. The summed E-state index contributed by atoms with van der Waals surface area (Å²) in [6, 6.07) is 0. The number of aliphatic imine (C=N–C) groups is 1. The van der Waals surface area contributed by atoms with Gasteiger partial charge in [0.2, 0.25) is 12.4 Å². The van der Waals surface area contributed by atoms with E-state index >= 15 is 0 Å². The molecule has 0 aliphatic heterocycles. The number of ether oxygens (including phenoxy) is 1. The van der Waals surface area contributed by atoms with Crippen LogP contribution in [0.4, 0.5) is 31.1 Å². The summed E-state index contributed by atoms with van der Waals surface area (Å²) >= 11 is 0. The number of carbonyl (C=O) groups is 1. The first-order valence-corrected chi connectivity index (χ1v) is 12.6. The minimum atomic E-state index is -6.72. The number of unbranched alkanes of at least 4 members (excludes halogenated alkanes) is 3. The molecule has 1 heterocycles. The number of nitrogens with zero attached hydrogens (tertiary/aromatic N) is 4. The summed E-state index contributed by atoms with van der Waals surface area (Å²) in [6.45, 7) is 2.14. The van der Waals surface area contributed by atoms with Crippen molar-refractivity contribution in [1.29, 1.82) is 0 Å². The van der Waals surface area contributed by atoms with Gasteiger partial charge in [-0.25, -0.2) is 40.6 Å². The van der Waals surface area contributed by atoms with E-state index in [9.17, 15) is 52.8 Å². The highest BCUT2D eigenvalue weighted by atomic mass is 32.3. The second-order valence-corrected chi connectivity index (χ2v) is 10.1. The zero-order valence-electron chi connectivity index (χ0n) is 18.6. The molecular weight excluding hydrogens is 552 g/mol. The Balaban J connectivity index is 0.000000723. The van der Waals surface area contributed by atoms with Crippen molar-refractivity contribution in [3.05, 3.63) is 22.8 Å². The molecule has 0 bridgehead atoms. The largest absolute Gasteiger partial charge is 0.480 e. The number of aryl methyl sites for hydroxylation is 1. The summed E-state index contributed by atoms with van der Waals surface area (Å²) in [5, 5.41) is 2.71. The normalized spacial score (nSPS) is 12.2. The van der Waals surface area contributed by atoms with Gasteiger partial charge in [-0.2, -0.15) is 26.3 Å². The van der Waals surface area contributed by atoms with Crippen LogP contribution in [0.2, 0.25) is 0 Å². The summed E-state index contributed by atoms with van der Waals surface area (Å²) in [5.41, 5.74) is -12.4. The molecule has 0 saturated heterocycles. The molecule has 0 saturated carbocycles. The van der Waals surface area contributed by atoms with Gasteiger partial charge in [0.25, 0.3) is 0 Å². The summed E-state index contributed by atoms with van der Waals surface area (Å²) in [4.78, 5) is 24.7. The van der Waals surface area contributed by atoms with Gasteiger partial charge in [0, 0.05) is 6.54 Å². The van der Waals surface area contributed by atoms with E-state index in [-0.39, 0.29) is 6.09 Å². The van der Waals surface area contributed by atoms with E-state index < -0.39 is 31.1 Å². The average Bonchev–Trinajstić information content (AvgIpc) is 3.13. The molecule has 36 heavy (non-hydrogen) atoms. The van der Waals surface area contributed by atoms with E-state index in [0.717, 1.165) is 29.8 Å². The average molecular weight is 576 g/mol. The Morgan fingerprint density at radius 3 is 2.08 bits per heavy atom. The van der Waals surface area contributed by atoms with E-state index in [1.807, 2.05) is 34.9 Å². The molecule has 0 unspecified atom stereocenters. The fourth-order valence-electron chi connectivity index (χ4n) is 2.05. The number of halogens is 6. The van der Waals surface area contributed by atoms with Gasteiger partial charge in [-0.3, -0.25) is 0 Å². The van der Waals surface area contributed by atoms with Crippen LogP contribution in [-0.2, 0) is 43.2 Å². The Hall–Kier alpha value is -2.70. The first-order valence-electron chi connectivity index (χ1n) is 9.75. The molecule has 1 rings (SSSR count). The standard InChI is InChI=1S/C14H22N4O3.C2F6NO4S2/c1-17-8-9-18(13-17)10-11-21-14(20)16-7-5-3-2-4-6-15-12-19;3-1(4,5)14(10,11)9-15(12,13)2(6,7)8/h8-9,13H,2-7,10-11H2,1H3;/q;-1/p+1. The number of rotatable bonds is 12. The summed E-state index contributed by atoms with van der Waals surface area (Å²) in [5.74, 6) is 0. The lowest BCUT2D eigenvalue weighted by atomic mass is 10.2. The SMILES string of the molecule is C[n+]1ccn(CCOC(=O)NCCCCCCN=C=O)c1.O=S(=O)([N-]S(=O)(=O)C(F)(F)F)C(F)(F)F. The summed E-state index contributed by atoms with van der Waals surface area (Å²) in [7, 11) is -11.5. The minimum Gasteiger partial charge on any atom is -0.445 e. The molecule has 0 aliphatic carbocycles.